The standard InChI is InChI=1S/C15H21BrN2O2/c16-13-3-1-2-4-14(13)20-10-9-15(19)18-12-7-5-11(17)6-8-12/h1-4,11-12H,5-10,17H2,(H,18,19). The Morgan fingerprint density at radius 1 is 1.30 bits per heavy atom. The molecule has 0 radical (unpaired) electrons. The van der Waals surface area contributed by atoms with E-state index in [0.717, 1.165) is 35.9 Å². The molecular weight excluding hydrogens is 320 g/mol. The molecule has 20 heavy (non-hydrogen) atoms. The van der Waals surface area contributed by atoms with Crippen molar-refractivity contribution in [2.75, 3.05) is 6.61 Å². The van der Waals surface area contributed by atoms with Crippen LogP contribution in [0.15, 0.2) is 28.7 Å². The third-order valence-electron chi connectivity index (χ3n) is 3.56. The Morgan fingerprint density at radius 2 is 2.00 bits per heavy atom. The highest BCUT2D eigenvalue weighted by molar-refractivity contribution is 9.10. The number of halogens is 1. The molecule has 0 atom stereocenters. The molecule has 4 nitrogen and oxygen atoms in total. The summed E-state index contributed by atoms with van der Waals surface area (Å²) >= 11 is 3.41. The van der Waals surface area contributed by atoms with Gasteiger partial charge in [0, 0.05) is 12.1 Å². The van der Waals surface area contributed by atoms with Crippen molar-refractivity contribution >= 4 is 21.8 Å². The van der Waals surface area contributed by atoms with Crippen molar-refractivity contribution in [1.82, 2.24) is 5.32 Å². The van der Waals surface area contributed by atoms with Crippen molar-refractivity contribution in [2.45, 2.75) is 44.2 Å². The average Bonchev–Trinajstić information content (AvgIpc) is 2.43. The second-order valence-corrected chi connectivity index (χ2v) is 6.06. The molecule has 3 N–H and O–H groups in total. The second-order valence-electron chi connectivity index (χ2n) is 5.21. The van der Waals surface area contributed by atoms with Crippen LogP contribution in [0.3, 0.4) is 0 Å². The van der Waals surface area contributed by atoms with Gasteiger partial charge in [-0.3, -0.25) is 4.79 Å². The van der Waals surface area contributed by atoms with Gasteiger partial charge in [0.05, 0.1) is 17.5 Å². The topological polar surface area (TPSA) is 64.3 Å². The number of benzene rings is 1. The molecule has 0 heterocycles. The molecule has 0 spiro atoms. The quantitative estimate of drug-likeness (QED) is 0.865. The first-order valence-corrected chi connectivity index (χ1v) is 7.86. The number of rotatable bonds is 5. The van der Waals surface area contributed by atoms with Crippen molar-refractivity contribution in [2.24, 2.45) is 5.73 Å². The summed E-state index contributed by atoms with van der Waals surface area (Å²) in [5.41, 5.74) is 5.85. The fraction of sp³-hybridized carbons (Fsp3) is 0.533. The Bertz CT molecular complexity index is 445. The first-order chi connectivity index (χ1) is 9.65. The van der Waals surface area contributed by atoms with Gasteiger partial charge < -0.3 is 15.8 Å². The summed E-state index contributed by atoms with van der Waals surface area (Å²) in [5, 5.41) is 3.05. The highest BCUT2D eigenvalue weighted by Gasteiger charge is 2.19. The van der Waals surface area contributed by atoms with Gasteiger partial charge in [0.15, 0.2) is 0 Å². The van der Waals surface area contributed by atoms with Gasteiger partial charge >= 0.3 is 0 Å². The normalized spacial score (nSPS) is 22.3. The maximum atomic E-state index is 11.8. The van der Waals surface area contributed by atoms with Crippen molar-refractivity contribution in [3.05, 3.63) is 28.7 Å². The summed E-state index contributed by atoms with van der Waals surface area (Å²) in [4.78, 5) is 11.8. The van der Waals surface area contributed by atoms with Gasteiger partial charge in [0.1, 0.15) is 5.75 Å². The summed E-state index contributed by atoms with van der Waals surface area (Å²) < 4.78 is 6.49. The molecule has 1 aliphatic rings. The fourth-order valence-corrected chi connectivity index (χ4v) is 2.78. The molecule has 0 saturated heterocycles. The second kappa shape index (κ2) is 7.64. The van der Waals surface area contributed by atoms with Crippen molar-refractivity contribution < 1.29 is 9.53 Å². The van der Waals surface area contributed by atoms with Crippen molar-refractivity contribution in [3.8, 4) is 5.75 Å². The maximum Gasteiger partial charge on any atom is 0.223 e. The molecule has 1 aliphatic carbocycles. The molecule has 2 rings (SSSR count). The molecule has 5 heteroatoms. The molecule has 0 unspecified atom stereocenters. The van der Waals surface area contributed by atoms with E-state index in [-0.39, 0.29) is 11.9 Å². The van der Waals surface area contributed by atoms with E-state index in [0.29, 0.717) is 19.1 Å². The van der Waals surface area contributed by atoms with Crippen LogP contribution in [0.5, 0.6) is 5.75 Å². The molecule has 1 fully saturated rings. The van der Waals surface area contributed by atoms with Gasteiger partial charge in [-0.2, -0.15) is 0 Å². The largest absolute Gasteiger partial charge is 0.492 e. The lowest BCUT2D eigenvalue weighted by atomic mass is 9.92. The zero-order valence-corrected chi connectivity index (χ0v) is 13.1. The lowest BCUT2D eigenvalue weighted by molar-refractivity contribution is -0.122. The van der Waals surface area contributed by atoms with Crippen LogP contribution in [0, 0.1) is 0 Å². The number of carbonyl (C=O) groups excluding carboxylic acids is 1. The van der Waals surface area contributed by atoms with Gasteiger partial charge in [0.2, 0.25) is 5.91 Å². The number of nitrogens with two attached hydrogens (primary N) is 1. The van der Waals surface area contributed by atoms with Gasteiger partial charge in [-0.05, 0) is 53.7 Å². The average molecular weight is 341 g/mol. The van der Waals surface area contributed by atoms with Crippen molar-refractivity contribution in [1.29, 1.82) is 0 Å². The van der Waals surface area contributed by atoms with E-state index in [1.54, 1.807) is 0 Å². The number of hydrogen-bond donors (Lipinski definition) is 2. The third kappa shape index (κ3) is 4.80. The van der Waals surface area contributed by atoms with Crippen LogP contribution < -0.4 is 15.8 Å². The van der Waals surface area contributed by atoms with E-state index in [1.807, 2.05) is 24.3 Å². The van der Waals surface area contributed by atoms with E-state index >= 15 is 0 Å². The maximum absolute atomic E-state index is 11.8. The Kier molecular flexibility index (Phi) is 5.86. The Balaban J connectivity index is 1.67. The Hall–Kier alpha value is -1.07. The summed E-state index contributed by atoms with van der Waals surface area (Å²) in [7, 11) is 0. The number of amides is 1. The van der Waals surface area contributed by atoms with E-state index in [2.05, 4.69) is 21.2 Å². The fourth-order valence-electron chi connectivity index (χ4n) is 2.38. The third-order valence-corrected chi connectivity index (χ3v) is 4.22. The number of para-hydroxylation sites is 1. The number of carbonyl (C=O) groups is 1. The van der Waals surface area contributed by atoms with Crippen molar-refractivity contribution in [3.63, 3.8) is 0 Å². The van der Waals surface area contributed by atoms with Crippen LogP contribution in [-0.4, -0.2) is 24.6 Å². The first kappa shape index (κ1) is 15.3. The zero-order chi connectivity index (χ0) is 14.4. The Labute approximate surface area is 128 Å². The van der Waals surface area contributed by atoms with Gasteiger partial charge in [-0.25, -0.2) is 0 Å². The Morgan fingerprint density at radius 3 is 2.70 bits per heavy atom. The van der Waals surface area contributed by atoms with Crippen LogP contribution in [-0.2, 0) is 4.79 Å². The SMILES string of the molecule is NC1CCC(NC(=O)CCOc2ccccc2Br)CC1. The predicted octanol–water partition coefficient (Wildman–Crippen LogP) is 2.60. The molecule has 1 amide bonds. The minimum Gasteiger partial charge on any atom is -0.492 e. The van der Waals surface area contributed by atoms with Crippen LogP contribution in [0.4, 0.5) is 0 Å². The zero-order valence-electron chi connectivity index (χ0n) is 11.5. The van der Waals surface area contributed by atoms with E-state index in [4.69, 9.17) is 10.5 Å². The van der Waals surface area contributed by atoms with E-state index in [9.17, 15) is 4.79 Å². The number of ether oxygens (including phenoxy) is 1. The van der Waals surface area contributed by atoms with Crippen LogP contribution in [0.2, 0.25) is 0 Å². The highest BCUT2D eigenvalue weighted by Crippen LogP contribution is 2.23. The minimum absolute atomic E-state index is 0.0533. The van der Waals surface area contributed by atoms with Gasteiger partial charge in [-0.15, -0.1) is 0 Å². The lowest BCUT2D eigenvalue weighted by Crippen LogP contribution is -2.40. The van der Waals surface area contributed by atoms with Crippen LogP contribution >= 0.6 is 15.9 Å². The molecule has 1 aromatic carbocycles. The van der Waals surface area contributed by atoms with Crippen LogP contribution in [0.1, 0.15) is 32.1 Å². The highest BCUT2D eigenvalue weighted by atomic mass is 79.9. The molecular formula is C15H21BrN2O2. The molecule has 0 aromatic heterocycles. The van der Waals surface area contributed by atoms with Crippen LogP contribution in [0.25, 0.3) is 0 Å². The summed E-state index contributed by atoms with van der Waals surface area (Å²) in [6.45, 7) is 0.390. The molecule has 1 aromatic rings. The van der Waals surface area contributed by atoms with E-state index < -0.39 is 0 Å². The summed E-state index contributed by atoms with van der Waals surface area (Å²) in [5.74, 6) is 0.821. The minimum atomic E-state index is 0.0533. The van der Waals surface area contributed by atoms with Gasteiger partial charge in [-0.1, -0.05) is 12.1 Å². The van der Waals surface area contributed by atoms with E-state index in [1.165, 1.54) is 0 Å². The monoisotopic (exact) mass is 340 g/mol. The number of nitrogens with one attached hydrogen (secondary N) is 1. The molecule has 1 saturated carbocycles. The molecule has 0 aliphatic heterocycles. The summed E-state index contributed by atoms with van der Waals surface area (Å²) in [6.07, 6.45) is 4.34. The summed E-state index contributed by atoms with van der Waals surface area (Å²) in [6, 6.07) is 8.22. The predicted molar refractivity (Wildman–Crippen MR) is 82.6 cm³/mol. The lowest BCUT2D eigenvalue weighted by Gasteiger charge is -2.26. The first-order valence-electron chi connectivity index (χ1n) is 7.07. The molecule has 0 bridgehead atoms. The molecule has 110 valence electrons. The number of hydrogen-bond acceptors (Lipinski definition) is 3. The van der Waals surface area contributed by atoms with Gasteiger partial charge in [0.25, 0.3) is 0 Å². The smallest absolute Gasteiger partial charge is 0.223 e.